The van der Waals surface area contributed by atoms with Gasteiger partial charge in [-0.25, -0.2) is 27.9 Å². The van der Waals surface area contributed by atoms with E-state index in [4.69, 9.17) is 4.74 Å². The van der Waals surface area contributed by atoms with Crippen LogP contribution in [0.3, 0.4) is 0 Å². The van der Waals surface area contributed by atoms with Crippen LogP contribution in [-0.2, 0) is 17.8 Å². The highest BCUT2D eigenvalue weighted by molar-refractivity contribution is 5.93. The van der Waals surface area contributed by atoms with Gasteiger partial charge in [0.05, 0.1) is 22.3 Å². The molecule has 2 N–H and O–H groups in total. The van der Waals surface area contributed by atoms with Crippen LogP contribution in [0.2, 0.25) is 0 Å². The number of pyridine rings is 1. The van der Waals surface area contributed by atoms with Crippen LogP contribution in [-0.4, -0.2) is 38.1 Å². The fourth-order valence-corrected chi connectivity index (χ4v) is 5.23. The Labute approximate surface area is 243 Å². The Morgan fingerprint density at radius 1 is 1.00 bits per heavy atom. The summed E-state index contributed by atoms with van der Waals surface area (Å²) in [6.07, 6.45) is 0.285. The normalized spacial score (nSPS) is 14.7. The third kappa shape index (κ3) is 5.53. The first-order valence-electron chi connectivity index (χ1n) is 13.5. The summed E-state index contributed by atoms with van der Waals surface area (Å²) >= 11 is 0. The third-order valence-electron chi connectivity index (χ3n) is 7.41. The van der Waals surface area contributed by atoms with Crippen LogP contribution in [0, 0.1) is 24.4 Å². The molecular formula is C32H25F3N4O4. The molecule has 1 unspecified atom stereocenters. The molecule has 1 amide bonds. The molecule has 3 aromatic carbocycles. The van der Waals surface area contributed by atoms with E-state index in [1.165, 1.54) is 36.4 Å². The number of carboxylic acids is 1. The summed E-state index contributed by atoms with van der Waals surface area (Å²) in [6, 6.07) is 15.2. The summed E-state index contributed by atoms with van der Waals surface area (Å²) in [5.41, 5.74) is 2.00. The number of aromatic carboxylic acids is 1. The lowest BCUT2D eigenvalue weighted by molar-refractivity contribution is -0.121. The highest BCUT2D eigenvalue weighted by Crippen LogP contribution is 2.31. The van der Waals surface area contributed by atoms with Gasteiger partial charge in [0.1, 0.15) is 35.9 Å². The summed E-state index contributed by atoms with van der Waals surface area (Å²) < 4.78 is 52.4. The molecule has 1 fully saturated rings. The van der Waals surface area contributed by atoms with Crippen molar-refractivity contribution in [3.8, 4) is 17.1 Å². The van der Waals surface area contributed by atoms with Crippen molar-refractivity contribution < 1.29 is 32.6 Å². The molecule has 43 heavy (non-hydrogen) atoms. The van der Waals surface area contributed by atoms with E-state index in [1.807, 2.05) is 0 Å². The number of hydrogen-bond acceptors (Lipinski definition) is 5. The molecular weight excluding hydrogens is 561 g/mol. The van der Waals surface area contributed by atoms with E-state index in [-0.39, 0.29) is 47.2 Å². The molecule has 1 aliphatic rings. The monoisotopic (exact) mass is 586 g/mol. The molecule has 0 aliphatic carbocycles. The predicted octanol–water partition coefficient (Wildman–Crippen LogP) is 5.75. The van der Waals surface area contributed by atoms with E-state index in [2.05, 4.69) is 15.3 Å². The molecule has 1 aliphatic heterocycles. The van der Waals surface area contributed by atoms with Crippen LogP contribution in [0.4, 0.5) is 13.2 Å². The molecule has 3 heterocycles. The van der Waals surface area contributed by atoms with Gasteiger partial charge in [0.15, 0.2) is 0 Å². The van der Waals surface area contributed by atoms with Crippen molar-refractivity contribution in [2.45, 2.75) is 32.4 Å². The van der Waals surface area contributed by atoms with Gasteiger partial charge in [-0.3, -0.25) is 4.79 Å². The van der Waals surface area contributed by atoms with Crippen LogP contribution in [0.1, 0.15) is 45.3 Å². The zero-order valence-corrected chi connectivity index (χ0v) is 22.9. The lowest BCUT2D eigenvalue weighted by Gasteiger charge is -2.15. The van der Waals surface area contributed by atoms with E-state index in [9.17, 15) is 19.1 Å². The Hall–Kier alpha value is -5.19. The molecule has 1 atom stereocenters. The molecule has 6 rings (SSSR count). The largest absolute Gasteiger partial charge is 0.478 e. The van der Waals surface area contributed by atoms with E-state index in [0.29, 0.717) is 35.4 Å². The first kappa shape index (κ1) is 28.0. The first-order valence-corrected chi connectivity index (χ1v) is 13.5. The van der Waals surface area contributed by atoms with Crippen molar-refractivity contribution in [3.05, 3.63) is 112 Å². The number of amides is 1. The van der Waals surface area contributed by atoms with Gasteiger partial charge in [0.2, 0.25) is 11.8 Å². The Kier molecular flexibility index (Phi) is 7.31. The summed E-state index contributed by atoms with van der Waals surface area (Å²) in [5.74, 6) is -2.85. The molecule has 218 valence electrons. The van der Waals surface area contributed by atoms with E-state index >= 15 is 8.78 Å². The lowest BCUT2D eigenvalue weighted by Crippen LogP contribution is -2.23. The van der Waals surface area contributed by atoms with Gasteiger partial charge in [-0.05, 0) is 66.9 Å². The second-order valence-electron chi connectivity index (χ2n) is 10.3. The fourth-order valence-electron chi connectivity index (χ4n) is 5.23. The minimum atomic E-state index is -1.14. The molecule has 0 saturated carbocycles. The second-order valence-corrected chi connectivity index (χ2v) is 10.3. The number of benzene rings is 3. The Morgan fingerprint density at radius 3 is 2.56 bits per heavy atom. The average molecular weight is 587 g/mol. The molecule has 8 nitrogen and oxygen atoms in total. The van der Waals surface area contributed by atoms with Crippen LogP contribution in [0.15, 0.2) is 66.7 Å². The fraction of sp³-hybridized carbons (Fsp3) is 0.188. The number of imidazole rings is 1. The maximum Gasteiger partial charge on any atom is 0.335 e. The Bertz CT molecular complexity index is 1910. The number of halogens is 3. The van der Waals surface area contributed by atoms with Crippen molar-refractivity contribution in [2.24, 2.45) is 0 Å². The highest BCUT2D eigenvalue weighted by Gasteiger charge is 2.30. The van der Waals surface area contributed by atoms with Crippen molar-refractivity contribution in [1.29, 1.82) is 0 Å². The second kappa shape index (κ2) is 11.2. The maximum atomic E-state index is 15.5. The topological polar surface area (TPSA) is 106 Å². The number of nitrogens with one attached hydrogen (secondary N) is 1. The average Bonchev–Trinajstić information content (AvgIpc) is 3.55. The third-order valence-corrected chi connectivity index (χ3v) is 7.41. The SMILES string of the molecule is Cc1ccc(COc2cccc(-c3cc(F)c(Cc4nc5ccc(C(=O)O)cc5n4C4CCNC4=O)cc3F)n2)c(F)c1. The molecule has 1 saturated heterocycles. The molecule has 5 aromatic rings. The number of aromatic nitrogens is 3. The highest BCUT2D eigenvalue weighted by atomic mass is 19.1. The zero-order valence-electron chi connectivity index (χ0n) is 22.9. The van der Waals surface area contributed by atoms with E-state index < -0.39 is 29.5 Å². The van der Waals surface area contributed by atoms with Crippen LogP contribution in [0.5, 0.6) is 5.88 Å². The summed E-state index contributed by atoms with van der Waals surface area (Å²) in [5, 5.41) is 12.2. The minimum Gasteiger partial charge on any atom is -0.478 e. The molecule has 2 aromatic heterocycles. The number of carbonyl (C=O) groups excluding carboxylic acids is 1. The minimum absolute atomic E-state index is 0.00285. The first-order chi connectivity index (χ1) is 20.7. The van der Waals surface area contributed by atoms with E-state index in [0.717, 1.165) is 17.7 Å². The standard InChI is InChI=1S/C32H25F3N4O4/c1-17-5-6-19(22(33)11-17)16-43-30-4-2-3-25(38-30)21-15-23(34)20(12-24(21)35)14-29-37-26-8-7-18(32(41)42)13-28(26)39(29)27-9-10-36-31(27)40/h2-8,11-13,15,27H,9-10,14,16H2,1H3,(H,36,40)(H,41,42). The lowest BCUT2D eigenvalue weighted by atomic mass is 10.0. The van der Waals surface area contributed by atoms with Crippen molar-refractivity contribution >= 4 is 22.9 Å². The van der Waals surface area contributed by atoms with Crippen molar-refractivity contribution in [1.82, 2.24) is 19.9 Å². The number of fused-ring (bicyclic) bond motifs is 1. The van der Waals surface area contributed by atoms with Crippen LogP contribution < -0.4 is 10.1 Å². The van der Waals surface area contributed by atoms with Gasteiger partial charge >= 0.3 is 5.97 Å². The summed E-state index contributed by atoms with van der Waals surface area (Å²) in [6.45, 7) is 2.11. The van der Waals surface area contributed by atoms with Gasteiger partial charge in [0.25, 0.3) is 0 Å². The van der Waals surface area contributed by atoms with Gasteiger partial charge < -0.3 is 19.7 Å². The predicted molar refractivity (Wildman–Crippen MR) is 151 cm³/mol. The van der Waals surface area contributed by atoms with Crippen LogP contribution in [0.25, 0.3) is 22.3 Å². The van der Waals surface area contributed by atoms with Crippen LogP contribution >= 0.6 is 0 Å². The summed E-state index contributed by atoms with van der Waals surface area (Å²) in [7, 11) is 0. The molecule has 11 heteroatoms. The maximum absolute atomic E-state index is 15.5. The quantitative estimate of drug-likeness (QED) is 0.240. The number of aryl methyl sites for hydroxylation is 1. The number of ether oxygens (including phenoxy) is 1. The van der Waals surface area contributed by atoms with E-state index in [1.54, 1.807) is 29.7 Å². The van der Waals surface area contributed by atoms with Crippen molar-refractivity contribution in [2.75, 3.05) is 6.54 Å². The number of carbonyl (C=O) groups is 2. The molecule has 0 bridgehead atoms. The number of hydrogen-bond donors (Lipinski definition) is 2. The van der Waals surface area contributed by atoms with Gasteiger partial charge in [-0.2, -0.15) is 0 Å². The number of rotatable bonds is 8. The summed E-state index contributed by atoms with van der Waals surface area (Å²) in [4.78, 5) is 33.0. The molecule has 0 radical (unpaired) electrons. The molecule has 0 spiro atoms. The van der Waals surface area contributed by atoms with Gasteiger partial charge in [-0.1, -0.05) is 18.2 Å². The van der Waals surface area contributed by atoms with Gasteiger partial charge in [0, 0.05) is 30.2 Å². The zero-order chi connectivity index (χ0) is 30.2. The Morgan fingerprint density at radius 2 is 1.81 bits per heavy atom. The van der Waals surface area contributed by atoms with Gasteiger partial charge in [-0.15, -0.1) is 0 Å². The number of carboxylic acid groups (broad SMARTS) is 1. The van der Waals surface area contributed by atoms with Crippen molar-refractivity contribution in [3.63, 3.8) is 0 Å². The number of nitrogens with zero attached hydrogens (tertiary/aromatic N) is 3. The Balaban J connectivity index is 1.30. The smallest absolute Gasteiger partial charge is 0.335 e.